The summed E-state index contributed by atoms with van der Waals surface area (Å²) in [6.07, 6.45) is 6.82. The topological polar surface area (TPSA) is 0 Å². The first-order valence-electron chi connectivity index (χ1n) is 5.01. The van der Waals surface area contributed by atoms with Crippen LogP contribution in [0.1, 0.15) is 52.9 Å². The molecule has 0 heteroatoms. The van der Waals surface area contributed by atoms with E-state index < -0.39 is 0 Å². The van der Waals surface area contributed by atoms with Gasteiger partial charge in [0.25, 0.3) is 0 Å². The highest BCUT2D eigenvalue weighted by Crippen LogP contribution is 2.17. The van der Waals surface area contributed by atoms with Crippen molar-refractivity contribution in [3.8, 4) is 0 Å². The summed E-state index contributed by atoms with van der Waals surface area (Å²) in [5.74, 6) is 1.43. The van der Waals surface area contributed by atoms with Crippen LogP contribution in [0.5, 0.6) is 0 Å². The molecule has 0 heterocycles. The van der Waals surface area contributed by atoms with Gasteiger partial charge < -0.3 is 0 Å². The van der Waals surface area contributed by atoms with Crippen molar-refractivity contribution in [1.82, 2.24) is 0 Å². The molecule has 0 nitrogen and oxygen atoms in total. The van der Waals surface area contributed by atoms with Gasteiger partial charge in [-0.1, -0.05) is 52.9 Å². The molecular weight excluding hydrogens is 132 g/mol. The molecule has 0 saturated carbocycles. The van der Waals surface area contributed by atoms with Gasteiger partial charge in [0.1, 0.15) is 0 Å². The van der Waals surface area contributed by atoms with E-state index >= 15 is 0 Å². The Morgan fingerprint density at radius 2 is 1.73 bits per heavy atom. The van der Waals surface area contributed by atoms with Crippen LogP contribution in [0.4, 0.5) is 0 Å². The van der Waals surface area contributed by atoms with E-state index in [-0.39, 0.29) is 0 Å². The number of unbranched alkanes of at least 4 members (excludes halogenated alkanes) is 3. The van der Waals surface area contributed by atoms with E-state index in [0.29, 0.717) is 5.92 Å². The van der Waals surface area contributed by atoms with Gasteiger partial charge in [0.15, 0.2) is 0 Å². The minimum absolute atomic E-state index is 0.673. The molecule has 1 radical (unpaired) electrons. The van der Waals surface area contributed by atoms with Crippen molar-refractivity contribution in [1.29, 1.82) is 0 Å². The van der Waals surface area contributed by atoms with E-state index in [1.54, 1.807) is 0 Å². The van der Waals surface area contributed by atoms with Crippen LogP contribution in [-0.4, -0.2) is 0 Å². The van der Waals surface area contributed by atoms with E-state index in [2.05, 4.69) is 27.7 Å². The lowest BCUT2D eigenvalue weighted by molar-refractivity contribution is 0.412. The van der Waals surface area contributed by atoms with Crippen LogP contribution in [0.2, 0.25) is 0 Å². The molecular formula is C11H23. The fourth-order valence-corrected chi connectivity index (χ4v) is 1.17. The summed E-state index contributed by atoms with van der Waals surface area (Å²) in [5.41, 5.74) is 0. The maximum atomic E-state index is 4.14. The molecule has 0 amide bonds. The van der Waals surface area contributed by atoms with Crippen LogP contribution < -0.4 is 0 Å². The summed E-state index contributed by atoms with van der Waals surface area (Å²) in [6, 6.07) is 0. The fraction of sp³-hybridized carbons (Fsp3) is 0.909. The second kappa shape index (κ2) is 6.69. The molecule has 0 aliphatic heterocycles. The normalized spacial score (nSPS) is 13.9. The van der Waals surface area contributed by atoms with Crippen LogP contribution in [0.25, 0.3) is 0 Å². The van der Waals surface area contributed by atoms with Gasteiger partial charge in [-0.05, 0) is 18.8 Å². The van der Waals surface area contributed by atoms with Gasteiger partial charge in [0.2, 0.25) is 0 Å². The Morgan fingerprint density at radius 1 is 1.09 bits per heavy atom. The molecule has 11 heavy (non-hydrogen) atoms. The monoisotopic (exact) mass is 155 g/mol. The van der Waals surface area contributed by atoms with Crippen molar-refractivity contribution in [3.05, 3.63) is 6.92 Å². The zero-order valence-corrected chi connectivity index (χ0v) is 8.40. The Labute approximate surface area is 72.4 Å². The summed E-state index contributed by atoms with van der Waals surface area (Å²) in [4.78, 5) is 0. The van der Waals surface area contributed by atoms with Gasteiger partial charge in [-0.15, -0.1) is 0 Å². The van der Waals surface area contributed by atoms with E-state index in [0.717, 1.165) is 5.92 Å². The van der Waals surface area contributed by atoms with Crippen LogP contribution in [0.15, 0.2) is 0 Å². The van der Waals surface area contributed by atoms with Crippen LogP contribution in [0.3, 0.4) is 0 Å². The Balaban J connectivity index is 3.10. The van der Waals surface area contributed by atoms with Gasteiger partial charge in [0, 0.05) is 0 Å². The van der Waals surface area contributed by atoms with Crippen LogP contribution in [0, 0.1) is 18.8 Å². The Morgan fingerprint density at radius 3 is 2.18 bits per heavy atom. The fourth-order valence-electron chi connectivity index (χ4n) is 1.17. The van der Waals surface area contributed by atoms with Gasteiger partial charge >= 0.3 is 0 Å². The lowest BCUT2D eigenvalue weighted by atomic mass is 9.92. The third kappa shape index (κ3) is 6.40. The third-order valence-corrected chi connectivity index (χ3v) is 2.37. The highest BCUT2D eigenvalue weighted by molar-refractivity contribution is 4.64. The second-order valence-electron chi connectivity index (χ2n) is 3.85. The molecule has 67 valence electrons. The average molecular weight is 155 g/mol. The molecule has 0 saturated heterocycles. The van der Waals surface area contributed by atoms with Crippen molar-refractivity contribution in [2.75, 3.05) is 0 Å². The summed E-state index contributed by atoms with van der Waals surface area (Å²) in [5, 5.41) is 0. The first-order chi connectivity index (χ1) is 5.18. The molecule has 0 fully saturated rings. The Hall–Kier alpha value is 0. The summed E-state index contributed by atoms with van der Waals surface area (Å²) in [6.45, 7) is 10.9. The van der Waals surface area contributed by atoms with Crippen LogP contribution in [-0.2, 0) is 0 Å². The zero-order chi connectivity index (χ0) is 8.69. The smallest absolute Gasteiger partial charge is 0.0391 e. The zero-order valence-electron chi connectivity index (χ0n) is 8.40. The van der Waals surface area contributed by atoms with Gasteiger partial charge in [0.05, 0.1) is 0 Å². The highest BCUT2D eigenvalue weighted by Gasteiger charge is 2.05. The Kier molecular flexibility index (Phi) is 6.69. The maximum absolute atomic E-state index is 4.14. The third-order valence-electron chi connectivity index (χ3n) is 2.37. The second-order valence-corrected chi connectivity index (χ2v) is 3.85. The van der Waals surface area contributed by atoms with Gasteiger partial charge in [-0.25, -0.2) is 0 Å². The maximum Gasteiger partial charge on any atom is -0.0391 e. The van der Waals surface area contributed by atoms with E-state index in [1.807, 2.05) is 0 Å². The number of hydrogen-bond acceptors (Lipinski definition) is 0. The predicted octanol–water partition coefficient (Wildman–Crippen LogP) is 4.06. The lowest BCUT2D eigenvalue weighted by Gasteiger charge is -2.14. The molecule has 0 aliphatic carbocycles. The first-order valence-corrected chi connectivity index (χ1v) is 5.01. The van der Waals surface area contributed by atoms with Crippen molar-refractivity contribution in [2.24, 2.45) is 11.8 Å². The minimum Gasteiger partial charge on any atom is -0.0654 e. The van der Waals surface area contributed by atoms with Crippen LogP contribution >= 0.6 is 0 Å². The van der Waals surface area contributed by atoms with Crippen molar-refractivity contribution < 1.29 is 0 Å². The van der Waals surface area contributed by atoms with Gasteiger partial charge in [-0.3, -0.25) is 0 Å². The molecule has 0 aromatic rings. The first kappa shape index (κ1) is 11.0. The molecule has 0 aromatic heterocycles. The average Bonchev–Trinajstić information content (AvgIpc) is 1.97. The number of rotatable bonds is 6. The molecule has 0 aromatic carbocycles. The summed E-state index contributed by atoms with van der Waals surface area (Å²) in [7, 11) is 0. The predicted molar refractivity (Wildman–Crippen MR) is 52.4 cm³/mol. The van der Waals surface area contributed by atoms with Crippen molar-refractivity contribution in [2.45, 2.75) is 52.9 Å². The summed E-state index contributed by atoms with van der Waals surface area (Å²) >= 11 is 0. The molecule has 0 bridgehead atoms. The van der Waals surface area contributed by atoms with Gasteiger partial charge in [-0.2, -0.15) is 0 Å². The van der Waals surface area contributed by atoms with Crippen molar-refractivity contribution in [3.63, 3.8) is 0 Å². The lowest BCUT2D eigenvalue weighted by Crippen LogP contribution is -2.03. The molecule has 1 unspecified atom stereocenters. The molecule has 1 atom stereocenters. The minimum atomic E-state index is 0.673. The summed E-state index contributed by atoms with van der Waals surface area (Å²) < 4.78 is 0. The highest BCUT2D eigenvalue weighted by atomic mass is 14.1. The molecule has 0 N–H and O–H groups in total. The Bertz CT molecular complexity index is 74.1. The van der Waals surface area contributed by atoms with E-state index in [9.17, 15) is 0 Å². The SMILES string of the molecule is [CH2]C(CCCCCC)C(C)C. The molecule has 0 aliphatic rings. The van der Waals surface area contributed by atoms with E-state index in [1.165, 1.54) is 32.1 Å². The van der Waals surface area contributed by atoms with E-state index in [4.69, 9.17) is 0 Å². The largest absolute Gasteiger partial charge is 0.0654 e. The quantitative estimate of drug-likeness (QED) is 0.507. The molecule has 0 spiro atoms. The van der Waals surface area contributed by atoms with Crippen molar-refractivity contribution >= 4 is 0 Å². The molecule has 0 rings (SSSR count). The number of hydrogen-bond donors (Lipinski definition) is 0. The standard InChI is InChI=1S/C11H23/c1-5-6-7-8-9-11(4)10(2)3/h10-11H,4-9H2,1-3H3.